The molecule has 0 saturated carbocycles. The Morgan fingerprint density at radius 2 is 1.81 bits per heavy atom. The third kappa shape index (κ3) is 6.02. The van der Waals surface area contributed by atoms with E-state index in [4.69, 9.17) is 11.6 Å². The Bertz CT molecular complexity index is 872. The Labute approximate surface area is 163 Å². The fraction of sp³-hybridized carbons (Fsp3) is 0.278. The summed E-state index contributed by atoms with van der Waals surface area (Å²) in [5.41, 5.74) is 1.32. The fourth-order valence-corrected chi connectivity index (χ4v) is 3.99. The van der Waals surface area contributed by atoms with E-state index in [0.717, 1.165) is 21.2 Å². The molecule has 8 heteroatoms. The molecule has 0 spiro atoms. The zero-order chi connectivity index (χ0) is 19.2. The van der Waals surface area contributed by atoms with Crippen molar-refractivity contribution in [3.05, 3.63) is 59.1 Å². The molecule has 5 nitrogen and oxygen atoms in total. The minimum Gasteiger partial charge on any atom is -0.324 e. The Morgan fingerprint density at radius 3 is 2.46 bits per heavy atom. The number of amides is 1. The van der Waals surface area contributed by atoms with E-state index >= 15 is 0 Å². The van der Waals surface area contributed by atoms with Gasteiger partial charge in [-0.1, -0.05) is 48.9 Å². The van der Waals surface area contributed by atoms with Gasteiger partial charge >= 0.3 is 0 Å². The average Bonchev–Trinajstić information content (AvgIpc) is 2.57. The van der Waals surface area contributed by atoms with Gasteiger partial charge in [0.1, 0.15) is 0 Å². The molecule has 0 saturated heterocycles. The van der Waals surface area contributed by atoms with Crippen molar-refractivity contribution in [3.8, 4) is 0 Å². The first-order valence-corrected chi connectivity index (χ1v) is 11.2. The van der Waals surface area contributed by atoms with Gasteiger partial charge in [0.25, 0.3) is 0 Å². The van der Waals surface area contributed by atoms with Gasteiger partial charge < -0.3 is 5.32 Å². The quantitative estimate of drug-likeness (QED) is 0.668. The number of carbonyl (C=O) groups is 1. The number of hydrogen-bond acceptors (Lipinski definition) is 4. The number of sulfonamides is 1. The molecule has 140 valence electrons. The molecule has 0 fully saturated rings. The van der Waals surface area contributed by atoms with Crippen molar-refractivity contribution < 1.29 is 13.2 Å². The maximum Gasteiger partial charge on any atom is 0.239 e. The Morgan fingerprint density at radius 1 is 1.15 bits per heavy atom. The number of thioether (sulfide) groups is 1. The Hall–Kier alpha value is -1.54. The van der Waals surface area contributed by atoms with Crippen molar-refractivity contribution in [1.29, 1.82) is 0 Å². The average molecular weight is 413 g/mol. The van der Waals surface area contributed by atoms with E-state index in [1.807, 2.05) is 25.1 Å². The maximum atomic E-state index is 12.4. The van der Waals surface area contributed by atoms with Gasteiger partial charge in [-0.2, -0.15) is 4.31 Å². The van der Waals surface area contributed by atoms with Crippen molar-refractivity contribution in [2.45, 2.75) is 18.4 Å². The predicted octanol–water partition coefficient (Wildman–Crippen LogP) is 3.85. The van der Waals surface area contributed by atoms with Gasteiger partial charge in [-0.15, -0.1) is 11.8 Å². The molecular weight excluding hydrogens is 392 g/mol. The second kappa shape index (κ2) is 9.41. The minimum atomic E-state index is -3.58. The molecular formula is C18H21ClN2O3S2. The summed E-state index contributed by atoms with van der Waals surface area (Å²) in [5, 5.41) is 3.26. The molecule has 0 unspecified atom stereocenters. The van der Waals surface area contributed by atoms with Crippen LogP contribution in [0.1, 0.15) is 12.5 Å². The van der Waals surface area contributed by atoms with Crippen LogP contribution in [0.2, 0.25) is 5.02 Å². The van der Waals surface area contributed by atoms with Gasteiger partial charge in [-0.05, 0) is 29.5 Å². The summed E-state index contributed by atoms with van der Waals surface area (Å²) < 4.78 is 25.3. The van der Waals surface area contributed by atoms with E-state index in [0.29, 0.717) is 16.3 Å². The molecule has 0 aliphatic heterocycles. The van der Waals surface area contributed by atoms with Gasteiger partial charge in [0.15, 0.2) is 0 Å². The highest BCUT2D eigenvalue weighted by Crippen LogP contribution is 2.26. The lowest BCUT2D eigenvalue weighted by Gasteiger charge is -2.20. The largest absolute Gasteiger partial charge is 0.324 e. The number of nitrogens with one attached hydrogen (secondary N) is 1. The first-order chi connectivity index (χ1) is 12.3. The number of benzene rings is 2. The van der Waals surface area contributed by atoms with Crippen LogP contribution in [-0.2, 0) is 21.4 Å². The molecule has 1 N–H and O–H groups in total. The van der Waals surface area contributed by atoms with Crippen LogP contribution in [-0.4, -0.2) is 37.2 Å². The molecule has 1 amide bonds. The fourth-order valence-electron chi connectivity index (χ4n) is 2.31. The summed E-state index contributed by atoms with van der Waals surface area (Å²) in [5.74, 6) is 0.473. The van der Waals surface area contributed by atoms with Crippen LogP contribution in [0.3, 0.4) is 0 Å². The van der Waals surface area contributed by atoms with Crippen LogP contribution in [0, 0.1) is 0 Å². The Kier molecular flexibility index (Phi) is 7.52. The van der Waals surface area contributed by atoms with Crippen molar-refractivity contribution in [3.63, 3.8) is 0 Å². The number of anilines is 1. The van der Waals surface area contributed by atoms with Gasteiger partial charge in [-0.3, -0.25) is 4.79 Å². The minimum absolute atomic E-state index is 0.0390. The molecule has 0 aliphatic rings. The van der Waals surface area contributed by atoms with Crippen molar-refractivity contribution in [2.75, 3.05) is 23.9 Å². The topological polar surface area (TPSA) is 66.5 Å². The van der Waals surface area contributed by atoms with E-state index in [9.17, 15) is 13.2 Å². The van der Waals surface area contributed by atoms with Crippen molar-refractivity contribution in [1.82, 2.24) is 4.31 Å². The molecule has 26 heavy (non-hydrogen) atoms. The van der Waals surface area contributed by atoms with E-state index < -0.39 is 15.9 Å². The predicted molar refractivity (Wildman–Crippen MR) is 108 cm³/mol. The summed E-state index contributed by atoms with van der Waals surface area (Å²) >= 11 is 7.72. The number of rotatable bonds is 8. The molecule has 0 aromatic heterocycles. The molecule has 0 radical (unpaired) electrons. The summed E-state index contributed by atoms with van der Waals surface area (Å²) in [7, 11) is -3.58. The van der Waals surface area contributed by atoms with Gasteiger partial charge in [0, 0.05) is 16.5 Å². The zero-order valence-corrected chi connectivity index (χ0v) is 17.0. The summed E-state index contributed by atoms with van der Waals surface area (Å²) in [6, 6.07) is 14.4. The standard InChI is InChI=1S/C18H21ClN2O3S2/c1-3-25-17-11-7-6-10-16(17)20-18(22)13-21(26(2,23)24)12-14-8-4-5-9-15(14)19/h4-11H,3,12-13H2,1-2H3,(H,20,22). The van der Waals surface area contributed by atoms with Crippen LogP contribution in [0.15, 0.2) is 53.4 Å². The first kappa shape index (κ1) is 20.8. The number of hydrogen-bond donors (Lipinski definition) is 1. The Balaban J connectivity index is 2.14. The lowest BCUT2D eigenvalue weighted by atomic mass is 10.2. The highest BCUT2D eigenvalue weighted by atomic mass is 35.5. The molecule has 2 aromatic carbocycles. The monoisotopic (exact) mass is 412 g/mol. The molecule has 0 aliphatic carbocycles. The summed E-state index contributed by atoms with van der Waals surface area (Å²) in [6.07, 6.45) is 1.08. The third-order valence-electron chi connectivity index (χ3n) is 3.55. The van der Waals surface area contributed by atoms with Crippen LogP contribution >= 0.6 is 23.4 Å². The second-order valence-electron chi connectivity index (χ2n) is 5.60. The number of para-hydroxylation sites is 1. The molecule has 0 atom stereocenters. The van der Waals surface area contributed by atoms with Crippen molar-refractivity contribution in [2.24, 2.45) is 0 Å². The third-order valence-corrected chi connectivity index (χ3v) is 6.08. The van der Waals surface area contributed by atoms with Crippen LogP contribution < -0.4 is 5.32 Å². The lowest BCUT2D eigenvalue weighted by molar-refractivity contribution is -0.116. The lowest BCUT2D eigenvalue weighted by Crippen LogP contribution is -2.37. The second-order valence-corrected chi connectivity index (χ2v) is 9.30. The highest BCUT2D eigenvalue weighted by molar-refractivity contribution is 7.99. The normalized spacial score (nSPS) is 11.5. The summed E-state index contributed by atoms with van der Waals surface area (Å²) in [4.78, 5) is 13.4. The van der Waals surface area contributed by atoms with Gasteiger partial charge in [0.2, 0.25) is 15.9 Å². The van der Waals surface area contributed by atoms with Crippen LogP contribution in [0.4, 0.5) is 5.69 Å². The maximum absolute atomic E-state index is 12.4. The molecule has 0 bridgehead atoms. The van der Waals surface area contributed by atoms with E-state index in [1.165, 1.54) is 0 Å². The number of carbonyl (C=O) groups excluding carboxylic acids is 1. The number of halogens is 1. The van der Waals surface area contributed by atoms with Crippen LogP contribution in [0.25, 0.3) is 0 Å². The van der Waals surface area contributed by atoms with E-state index in [2.05, 4.69) is 5.32 Å². The van der Waals surface area contributed by atoms with Gasteiger partial charge in [-0.25, -0.2) is 8.42 Å². The molecule has 2 rings (SSSR count). The number of nitrogens with zero attached hydrogens (tertiary/aromatic N) is 1. The van der Waals surface area contributed by atoms with Crippen LogP contribution in [0.5, 0.6) is 0 Å². The SMILES string of the molecule is CCSc1ccccc1NC(=O)CN(Cc1ccccc1Cl)S(C)(=O)=O. The molecule has 2 aromatic rings. The van der Waals surface area contributed by atoms with Crippen molar-refractivity contribution >= 4 is 45.0 Å². The summed E-state index contributed by atoms with van der Waals surface area (Å²) in [6.45, 7) is 1.78. The van der Waals surface area contributed by atoms with E-state index in [1.54, 1.807) is 42.1 Å². The first-order valence-electron chi connectivity index (χ1n) is 8.01. The van der Waals surface area contributed by atoms with Gasteiger partial charge in [0.05, 0.1) is 18.5 Å². The van der Waals surface area contributed by atoms with E-state index in [-0.39, 0.29) is 13.1 Å². The molecule has 0 heterocycles. The zero-order valence-electron chi connectivity index (χ0n) is 14.6. The smallest absolute Gasteiger partial charge is 0.239 e. The highest BCUT2D eigenvalue weighted by Gasteiger charge is 2.22.